The van der Waals surface area contributed by atoms with Crippen molar-refractivity contribution in [2.45, 2.75) is 39.0 Å². The zero-order chi connectivity index (χ0) is 24.4. The fraction of sp³-hybridized carbons (Fsp3) is 0.464. The van der Waals surface area contributed by atoms with Crippen LogP contribution in [0, 0.1) is 5.92 Å². The molecule has 0 saturated carbocycles. The lowest BCUT2D eigenvalue weighted by Crippen LogP contribution is -2.45. The molecule has 0 spiro atoms. The van der Waals surface area contributed by atoms with Gasteiger partial charge in [0, 0.05) is 68.4 Å². The molecular formula is C28H35N5O2. The van der Waals surface area contributed by atoms with Crippen molar-refractivity contribution in [2.24, 2.45) is 5.92 Å². The van der Waals surface area contributed by atoms with E-state index in [9.17, 15) is 4.79 Å². The SMILES string of the molecule is CC(C)c1nc(-c2ccc(N3CCCC(Cc4ncccc4N4CCN(C)CC4)C3=O)cc2)co1. The molecule has 1 atom stereocenters. The number of piperidine rings is 1. The van der Waals surface area contributed by atoms with Gasteiger partial charge in [-0.3, -0.25) is 9.78 Å². The molecule has 184 valence electrons. The summed E-state index contributed by atoms with van der Waals surface area (Å²) in [4.78, 5) is 29.6. The first-order chi connectivity index (χ1) is 17.0. The fourth-order valence-electron chi connectivity index (χ4n) is 5.05. The van der Waals surface area contributed by atoms with Crippen molar-refractivity contribution in [1.82, 2.24) is 14.9 Å². The molecule has 5 rings (SSSR count). The normalized spacial score (nSPS) is 19.5. The maximum atomic E-state index is 13.5. The molecule has 4 heterocycles. The summed E-state index contributed by atoms with van der Waals surface area (Å²) >= 11 is 0. The van der Waals surface area contributed by atoms with Gasteiger partial charge in [0.05, 0.1) is 11.4 Å². The van der Waals surface area contributed by atoms with Crippen LogP contribution in [0.2, 0.25) is 0 Å². The number of anilines is 2. The highest BCUT2D eigenvalue weighted by Crippen LogP contribution is 2.31. The van der Waals surface area contributed by atoms with E-state index in [0.717, 1.165) is 74.1 Å². The van der Waals surface area contributed by atoms with E-state index in [2.05, 4.69) is 41.7 Å². The topological polar surface area (TPSA) is 65.7 Å². The minimum atomic E-state index is -0.0475. The maximum absolute atomic E-state index is 13.5. The van der Waals surface area contributed by atoms with Crippen molar-refractivity contribution in [3.63, 3.8) is 0 Å². The number of aromatic nitrogens is 2. The predicted molar refractivity (Wildman–Crippen MR) is 139 cm³/mol. The van der Waals surface area contributed by atoms with Crippen LogP contribution in [0.25, 0.3) is 11.3 Å². The summed E-state index contributed by atoms with van der Waals surface area (Å²) in [6.45, 7) is 8.98. The van der Waals surface area contributed by atoms with Crippen LogP contribution in [0.1, 0.15) is 44.2 Å². The zero-order valence-corrected chi connectivity index (χ0v) is 21.0. The second kappa shape index (κ2) is 10.2. The lowest BCUT2D eigenvalue weighted by atomic mass is 9.91. The van der Waals surface area contributed by atoms with E-state index in [1.807, 2.05) is 41.4 Å². The summed E-state index contributed by atoms with van der Waals surface area (Å²) in [5.74, 6) is 1.14. The molecule has 0 bridgehead atoms. The van der Waals surface area contributed by atoms with Crippen LogP contribution in [0.15, 0.2) is 53.3 Å². The number of pyridine rings is 1. The molecule has 7 nitrogen and oxygen atoms in total. The van der Waals surface area contributed by atoms with Crippen molar-refractivity contribution in [1.29, 1.82) is 0 Å². The minimum Gasteiger partial charge on any atom is -0.448 e. The Balaban J connectivity index is 1.30. The number of rotatable bonds is 6. The Morgan fingerprint density at radius 3 is 2.54 bits per heavy atom. The van der Waals surface area contributed by atoms with Crippen molar-refractivity contribution in [3.05, 3.63) is 60.4 Å². The van der Waals surface area contributed by atoms with E-state index < -0.39 is 0 Å². The average Bonchev–Trinajstić information content (AvgIpc) is 3.37. The number of oxazole rings is 1. The molecule has 35 heavy (non-hydrogen) atoms. The van der Waals surface area contributed by atoms with Crippen LogP contribution < -0.4 is 9.80 Å². The van der Waals surface area contributed by atoms with Crippen molar-refractivity contribution in [2.75, 3.05) is 49.6 Å². The molecule has 1 amide bonds. The molecule has 2 aromatic heterocycles. The largest absolute Gasteiger partial charge is 0.448 e. The first-order valence-electron chi connectivity index (χ1n) is 12.7. The highest BCUT2D eigenvalue weighted by atomic mass is 16.3. The van der Waals surface area contributed by atoms with Gasteiger partial charge in [-0.25, -0.2) is 4.98 Å². The van der Waals surface area contributed by atoms with Gasteiger partial charge in [0.2, 0.25) is 5.91 Å². The summed E-state index contributed by atoms with van der Waals surface area (Å²) in [5, 5.41) is 0. The van der Waals surface area contributed by atoms with E-state index in [4.69, 9.17) is 9.40 Å². The molecule has 0 radical (unpaired) electrons. The number of piperazine rings is 1. The quantitative estimate of drug-likeness (QED) is 0.521. The van der Waals surface area contributed by atoms with Gasteiger partial charge in [-0.05, 0) is 44.2 Å². The summed E-state index contributed by atoms with van der Waals surface area (Å²) < 4.78 is 5.59. The molecule has 2 aliphatic rings. The van der Waals surface area contributed by atoms with Gasteiger partial charge in [0.25, 0.3) is 0 Å². The van der Waals surface area contributed by atoms with E-state index in [-0.39, 0.29) is 17.7 Å². The van der Waals surface area contributed by atoms with Gasteiger partial charge in [-0.2, -0.15) is 0 Å². The Hall–Kier alpha value is -3.19. The van der Waals surface area contributed by atoms with Gasteiger partial charge in [0.15, 0.2) is 5.89 Å². The molecule has 2 aliphatic heterocycles. The van der Waals surface area contributed by atoms with Gasteiger partial charge < -0.3 is 19.1 Å². The minimum absolute atomic E-state index is 0.0475. The first-order valence-corrected chi connectivity index (χ1v) is 12.7. The monoisotopic (exact) mass is 473 g/mol. The third-order valence-electron chi connectivity index (χ3n) is 7.19. The van der Waals surface area contributed by atoms with Gasteiger partial charge in [-0.1, -0.05) is 26.0 Å². The Labute approximate surface area is 207 Å². The number of amides is 1. The highest BCUT2D eigenvalue weighted by Gasteiger charge is 2.31. The summed E-state index contributed by atoms with van der Waals surface area (Å²) in [7, 11) is 2.16. The van der Waals surface area contributed by atoms with Gasteiger partial charge >= 0.3 is 0 Å². The van der Waals surface area contributed by atoms with Crippen LogP contribution >= 0.6 is 0 Å². The standard InChI is InChI=1S/C28H35N5O2/c1-20(2)27-30-25(19-35-27)21-8-10-23(11-9-21)33-13-5-6-22(28(33)34)18-24-26(7-4-12-29-24)32-16-14-31(3)15-17-32/h4,7-12,19-20,22H,5-6,13-18H2,1-3H3. The van der Waals surface area contributed by atoms with Crippen LogP contribution in [0.4, 0.5) is 11.4 Å². The number of hydrogen-bond donors (Lipinski definition) is 0. The lowest BCUT2D eigenvalue weighted by molar-refractivity contribution is -0.123. The summed E-state index contributed by atoms with van der Waals surface area (Å²) in [5.41, 5.74) is 4.99. The molecular weight excluding hydrogens is 438 g/mol. The van der Waals surface area contributed by atoms with Crippen LogP contribution in [0.5, 0.6) is 0 Å². The second-order valence-corrected chi connectivity index (χ2v) is 10.1. The summed E-state index contributed by atoms with van der Waals surface area (Å²) in [6, 6.07) is 12.3. The Morgan fingerprint density at radius 1 is 1.06 bits per heavy atom. The molecule has 0 aliphatic carbocycles. The van der Waals surface area contributed by atoms with Crippen molar-refractivity contribution < 1.29 is 9.21 Å². The number of likely N-dealkylation sites (N-methyl/N-ethyl adjacent to an activating group) is 1. The number of carbonyl (C=O) groups excluding carboxylic acids is 1. The first kappa shape index (κ1) is 23.5. The van der Waals surface area contributed by atoms with Crippen molar-refractivity contribution >= 4 is 17.3 Å². The van der Waals surface area contributed by atoms with E-state index in [1.54, 1.807) is 6.26 Å². The molecule has 1 unspecified atom stereocenters. The number of nitrogens with zero attached hydrogens (tertiary/aromatic N) is 5. The number of carbonyl (C=O) groups is 1. The summed E-state index contributed by atoms with van der Waals surface area (Å²) in [6.07, 6.45) is 6.15. The fourth-order valence-corrected chi connectivity index (χ4v) is 5.05. The molecule has 3 aromatic rings. The van der Waals surface area contributed by atoms with Crippen LogP contribution in [-0.2, 0) is 11.2 Å². The van der Waals surface area contributed by atoms with Crippen LogP contribution in [0.3, 0.4) is 0 Å². The number of hydrogen-bond acceptors (Lipinski definition) is 6. The molecule has 7 heteroatoms. The third-order valence-corrected chi connectivity index (χ3v) is 7.19. The Morgan fingerprint density at radius 2 is 1.83 bits per heavy atom. The Kier molecular flexibility index (Phi) is 6.86. The highest BCUT2D eigenvalue weighted by molar-refractivity contribution is 5.96. The maximum Gasteiger partial charge on any atom is 0.230 e. The molecule has 0 N–H and O–H groups in total. The molecule has 2 fully saturated rings. The van der Waals surface area contributed by atoms with Crippen LogP contribution in [-0.4, -0.2) is 60.5 Å². The average molecular weight is 474 g/mol. The Bertz CT molecular complexity index is 1150. The lowest BCUT2D eigenvalue weighted by Gasteiger charge is -2.36. The van der Waals surface area contributed by atoms with E-state index in [1.165, 1.54) is 5.69 Å². The molecule has 1 aromatic carbocycles. The molecule has 2 saturated heterocycles. The smallest absolute Gasteiger partial charge is 0.230 e. The van der Waals surface area contributed by atoms with Gasteiger partial charge in [0.1, 0.15) is 12.0 Å². The predicted octanol–water partition coefficient (Wildman–Crippen LogP) is 4.60. The van der Waals surface area contributed by atoms with Gasteiger partial charge in [-0.15, -0.1) is 0 Å². The third kappa shape index (κ3) is 5.10. The zero-order valence-electron chi connectivity index (χ0n) is 21.0. The van der Waals surface area contributed by atoms with Crippen molar-refractivity contribution in [3.8, 4) is 11.3 Å². The van der Waals surface area contributed by atoms with E-state index >= 15 is 0 Å². The number of benzene rings is 1. The van der Waals surface area contributed by atoms with E-state index in [0.29, 0.717) is 6.42 Å². The second-order valence-electron chi connectivity index (χ2n) is 10.1.